The van der Waals surface area contributed by atoms with Crippen molar-refractivity contribution in [2.24, 2.45) is 0 Å². The van der Waals surface area contributed by atoms with Crippen molar-refractivity contribution in [2.45, 2.75) is 0 Å². The summed E-state index contributed by atoms with van der Waals surface area (Å²) in [4.78, 5) is 1.95. The highest BCUT2D eigenvalue weighted by Crippen LogP contribution is 2.47. The van der Waals surface area contributed by atoms with Gasteiger partial charge in [0, 0.05) is 33.8 Å². The first-order valence-electron chi connectivity index (χ1n) is 10.9. The van der Waals surface area contributed by atoms with Gasteiger partial charge in [-0.25, -0.2) is 70.2 Å². The van der Waals surface area contributed by atoms with E-state index in [2.05, 4.69) is 0 Å². The van der Waals surface area contributed by atoms with Crippen molar-refractivity contribution in [1.82, 2.24) is 4.98 Å². The van der Waals surface area contributed by atoms with E-state index < -0.39 is 137 Å². The molecule has 5 aromatic rings. The molecular weight excluding hydrogens is 630 g/mol. The highest BCUT2D eigenvalue weighted by molar-refractivity contribution is 6.08. The number of benzene rings is 4. The first-order valence-corrected chi connectivity index (χ1v) is 10.9. The number of fused-ring (bicyclic) bond motifs is 1. The van der Waals surface area contributed by atoms with Crippen molar-refractivity contribution in [3.05, 3.63) is 105 Å². The lowest BCUT2D eigenvalue weighted by Gasteiger charge is -2.17. The van der Waals surface area contributed by atoms with Crippen LogP contribution in [0.25, 0.3) is 44.3 Å². The molecule has 1 heterocycles. The van der Waals surface area contributed by atoms with E-state index in [9.17, 15) is 65.9 Å². The number of aromatic nitrogens is 1. The molecule has 17 heteroatoms. The fourth-order valence-electron chi connectivity index (χ4n) is 4.40. The van der Waals surface area contributed by atoms with Crippen LogP contribution in [0.15, 0.2) is 12.3 Å². The zero-order chi connectivity index (χ0) is 32.0. The fourth-order valence-corrected chi connectivity index (χ4v) is 4.40. The highest BCUT2D eigenvalue weighted by Gasteiger charge is 2.36. The standard InChI is InChI=1S/C26H3F16N/c27-11-3(7-12(28)18(34)24(40)19(35)13(7)29)1-5-6(9(11)10-16(32)22(38)26(42)23(39)17(10)33)4(2-43-5)8-14(30)20(36)25(41)21(37)15(8)31/h1-2,43H. The Bertz CT molecular complexity index is 1960. The molecule has 4 aromatic carbocycles. The lowest BCUT2D eigenvalue weighted by Crippen LogP contribution is -2.08. The van der Waals surface area contributed by atoms with Gasteiger partial charge in [0.2, 0.25) is 17.5 Å². The number of hydrogen-bond donors (Lipinski definition) is 1. The number of H-pyrrole nitrogens is 1. The van der Waals surface area contributed by atoms with E-state index in [1.54, 1.807) is 0 Å². The van der Waals surface area contributed by atoms with Crippen LogP contribution in [0.4, 0.5) is 70.2 Å². The van der Waals surface area contributed by atoms with E-state index >= 15 is 4.39 Å². The van der Waals surface area contributed by atoms with Gasteiger partial charge in [-0.2, -0.15) is 0 Å². The molecule has 224 valence electrons. The van der Waals surface area contributed by atoms with Crippen LogP contribution >= 0.6 is 0 Å². The van der Waals surface area contributed by atoms with E-state index in [1.807, 2.05) is 4.98 Å². The Morgan fingerprint density at radius 3 is 0.977 bits per heavy atom. The van der Waals surface area contributed by atoms with Crippen molar-refractivity contribution < 1.29 is 70.2 Å². The molecule has 0 spiro atoms. The molecule has 0 saturated heterocycles. The van der Waals surface area contributed by atoms with Gasteiger partial charge in [-0.15, -0.1) is 0 Å². The Kier molecular flexibility index (Phi) is 6.89. The predicted octanol–water partition coefficient (Wildman–Crippen LogP) is 9.39. The van der Waals surface area contributed by atoms with E-state index in [-0.39, 0.29) is 12.3 Å². The van der Waals surface area contributed by atoms with Gasteiger partial charge in [0.25, 0.3) is 0 Å². The molecule has 43 heavy (non-hydrogen) atoms. The molecule has 1 N–H and O–H groups in total. The van der Waals surface area contributed by atoms with Gasteiger partial charge in [0.15, 0.2) is 69.8 Å². The summed E-state index contributed by atoms with van der Waals surface area (Å²) in [5, 5.41) is -1.41. The highest BCUT2D eigenvalue weighted by atomic mass is 19.2. The monoisotopic (exact) mass is 633 g/mol. The van der Waals surface area contributed by atoms with Crippen LogP contribution in [0, 0.1) is 93.1 Å². The summed E-state index contributed by atoms with van der Waals surface area (Å²) in [6.45, 7) is 0. The molecule has 0 saturated carbocycles. The summed E-state index contributed by atoms with van der Waals surface area (Å²) in [6, 6.07) is 0.119. The maximum absolute atomic E-state index is 16.1. The zero-order valence-electron chi connectivity index (χ0n) is 19.7. The van der Waals surface area contributed by atoms with Crippen LogP contribution < -0.4 is 0 Å². The van der Waals surface area contributed by atoms with Gasteiger partial charge in [0.05, 0.1) is 16.7 Å². The van der Waals surface area contributed by atoms with Gasteiger partial charge >= 0.3 is 0 Å². The van der Waals surface area contributed by atoms with Crippen molar-refractivity contribution in [3.63, 3.8) is 0 Å². The first-order chi connectivity index (χ1) is 20.0. The van der Waals surface area contributed by atoms with E-state index in [4.69, 9.17) is 0 Å². The normalized spacial score (nSPS) is 11.7. The van der Waals surface area contributed by atoms with Crippen molar-refractivity contribution >= 4 is 10.9 Å². The second-order valence-electron chi connectivity index (χ2n) is 8.57. The summed E-state index contributed by atoms with van der Waals surface area (Å²) in [6.07, 6.45) is 0.278. The van der Waals surface area contributed by atoms with Crippen molar-refractivity contribution in [2.75, 3.05) is 0 Å². The lowest BCUT2D eigenvalue weighted by atomic mass is 9.90. The summed E-state index contributed by atoms with van der Waals surface area (Å²) in [5.41, 5.74) is -12.6. The maximum atomic E-state index is 16.1. The Balaban J connectivity index is 2.07. The van der Waals surface area contributed by atoms with Crippen LogP contribution in [-0.2, 0) is 0 Å². The summed E-state index contributed by atoms with van der Waals surface area (Å²) in [5.74, 6) is -43.3. The average Bonchev–Trinajstić information content (AvgIpc) is 3.39. The second-order valence-corrected chi connectivity index (χ2v) is 8.57. The Hall–Kier alpha value is -4.70. The second kappa shape index (κ2) is 9.95. The van der Waals surface area contributed by atoms with E-state index in [0.717, 1.165) is 0 Å². The Morgan fingerprint density at radius 1 is 0.302 bits per heavy atom. The molecule has 0 aliphatic rings. The van der Waals surface area contributed by atoms with Gasteiger partial charge < -0.3 is 4.98 Å². The van der Waals surface area contributed by atoms with Crippen LogP contribution in [0.2, 0.25) is 0 Å². The molecule has 1 nitrogen and oxygen atoms in total. The Morgan fingerprint density at radius 2 is 0.605 bits per heavy atom. The quantitative estimate of drug-likeness (QED) is 0.116. The number of nitrogens with one attached hydrogen (secondary N) is 1. The summed E-state index contributed by atoms with van der Waals surface area (Å²) < 4.78 is 230. The molecule has 0 fully saturated rings. The predicted molar refractivity (Wildman–Crippen MR) is 114 cm³/mol. The summed E-state index contributed by atoms with van der Waals surface area (Å²) >= 11 is 0. The van der Waals surface area contributed by atoms with Crippen LogP contribution in [0.3, 0.4) is 0 Å². The molecule has 0 amide bonds. The molecule has 0 bridgehead atoms. The third-order valence-electron chi connectivity index (χ3n) is 6.32. The number of aromatic amines is 1. The molecule has 1 aromatic heterocycles. The molecular formula is C26H3F16N. The SMILES string of the molecule is Fc1c(F)c(F)c(-c2cc3[nH]cc(-c4c(F)c(F)c(F)c(F)c4F)c3c(-c3c(F)c(F)c(F)c(F)c3F)c2F)c(F)c1F. The maximum Gasteiger partial charge on any atom is 0.200 e. The number of halogens is 16. The van der Waals surface area contributed by atoms with Crippen LogP contribution in [0.5, 0.6) is 0 Å². The molecule has 5 rings (SSSR count). The van der Waals surface area contributed by atoms with Gasteiger partial charge in [0.1, 0.15) is 5.82 Å². The number of rotatable bonds is 3. The minimum Gasteiger partial charge on any atom is -0.361 e. The lowest BCUT2D eigenvalue weighted by molar-refractivity contribution is 0.380. The largest absolute Gasteiger partial charge is 0.361 e. The van der Waals surface area contributed by atoms with Crippen LogP contribution in [-0.4, -0.2) is 4.98 Å². The van der Waals surface area contributed by atoms with Gasteiger partial charge in [-0.05, 0) is 6.07 Å². The van der Waals surface area contributed by atoms with E-state index in [1.165, 1.54) is 0 Å². The van der Waals surface area contributed by atoms with Crippen LogP contribution in [0.1, 0.15) is 0 Å². The molecule has 0 aliphatic heterocycles. The topological polar surface area (TPSA) is 15.8 Å². The smallest absolute Gasteiger partial charge is 0.200 e. The third kappa shape index (κ3) is 3.96. The number of hydrogen-bond acceptors (Lipinski definition) is 0. The average molecular weight is 633 g/mol. The molecule has 0 atom stereocenters. The van der Waals surface area contributed by atoms with Crippen molar-refractivity contribution in [3.8, 4) is 33.4 Å². The van der Waals surface area contributed by atoms with Gasteiger partial charge in [-0.3, -0.25) is 0 Å². The van der Waals surface area contributed by atoms with Crippen molar-refractivity contribution in [1.29, 1.82) is 0 Å². The Labute approximate surface area is 225 Å². The minimum absolute atomic E-state index is 0.119. The summed E-state index contributed by atoms with van der Waals surface area (Å²) in [7, 11) is 0. The first kappa shape index (κ1) is 29.8. The molecule has 0 unspecified atom stereocenters. The van der Waals surface area contributed by atoms with Gasteiger partial charge in [-0.1, -0.05) is 0 Å². The fraction of sp³-hybridized carbons (Fsp3) is 0. The molecule has 0 aliphatic carbocycles. The van der Waals surface area contributed by atoms with E-state index in [0.29, 0.717) is 0 Å². The minimum atomic E-state index is -2.85. The molecule has 0 radical (unpaired) electrons. The third-order valence-corrected chi connectivity index (χ3v) is 6.32. The zero-order valence-corrected chi connectivity index (χ0v) is 19.7.